The highest BCUT2D eigenvalue weighted by atomic mass is 15.0. The zero-order valence-electron chi connectivity index (χ0n) is 29.2. The molecule has 1 heterocycles. The molecular formula is C51H35N. The van der Waals surface area contributed by atoms with Gasteiger partial charge in [-0.05, 0) is 96.4 Å². The Morgan fingerprint density at radius 1 is 0.365 bits per heavy atom. The van der Waals surface area contributed by atoms with Crippen molar-refractivity contribution in [2.45, 2.75) is 19.3 Å². The van der Waals surface area contributed by atoms with E-state index in [1.807, 2.05) is 0 Å². The maximum atomic E-state index is 2.51. The molecule has 1 aliphatic rings. The average molecular weight is 662 g/mol. The minimum absolute atomic E-state index is 0.0434. The van der Waals surface area contributed by atoms with E-state index in [0.29, 0.717) is 0 Å². The van der Waals surface area contributed by atoms with Crippen LogP contribution in [0.4, 0.5) is 0 Å². The number of para-hydroxylation sites is 2. The first kappa shape index (κ1) is 29.3. The van der Waals surface area contributed by atoms with Crippen molar-refractivity contribution in [2.75, 3.05) is 0 Å². The van der Waals surface area contributed by atoms with Crippen molar-refractivity contribution in [2.24, 2.45) is 0 Å². The van der Waals surface area contributed by atoms with Gasteiger partial charge < -0.3 is 4.57 Å². The van der Waals surface area contributed by atoms with Crippen molar-refractivity contribution in [3.63, 3.8) is 0 Å². The lowest BCUT2D eigenvalue weighted by Crippen LogP contribution is -2.14. The third-order valence-electron chi connectivity index (χ3n) is 11.8. The first-order chi connectivity index (χ1) is 25.6. The van der Waals surface area contributed by atoms with E-state index in [1.165, 1.54) is 104 Å². The number of benzene rings is 9. The molecule has 52 heavy (non-hydrogen) atoms. The summed E-state index contributed by atoms with van der Waals surface area (Å²) >= 11 is 0. The van der Waals surface area contributed by atoms with Crippen LogP contribution in [-0.4, -0.2) is 4.57 Å². The van der Waals surface area contributed by atoms with E-state index >= 15 is 0 Å². The van der Waals surface area contributed by atoms with Gasteiger partial charge in [-0.2, -0.15) is 0 Å². The normalized spacial score (nSPS) is 13.3. The fourth-order valence-corrected chi connectivity index (χ4v) is 9.29. The van der Waals surface area contributed by atoms with Gasteiger partial charge in [-0.3, -0.25) is 0 Å². The van der Waals surface area contributed by atoms with Crippen LogP contribution in [0.3, 0.4) is 0 Å². The van der Waals surface area contributed by atoms with Crippen LogP contribution in [-0.2, 0) is 5.41 Å². The Morgan fingerprint density at radius 3 is 1.71 bits per heavy atom. The molecule has 11 rings (SSSR count). The fraction of sp³-hybridized carbons (Fsp3) is 0.0588. The molecule has 1 nitrogen and oxygen atoms in total. The molecular weight excluding hydrogens is 627 g/mol. The second-order valence-corrected chi connectivity index (χ2v) is 14.9. The molecule has 0 aliphatic heterocycles. The summed E-state index contributed by atoms with van der Waals surface area (Å²) in [7, 11) is 0. The Morgan fingerprint density at radius 2 is 0.923 bits per heavy atom. The molecule has 0 atom stereocenters. The molecule has 0 spiro atoms. The number of hydrogen-bond acceptors (Lipinski definition) is 0. The predicted molar refractivity (Wildman–Crippen MR) is 222 cm³/mol. The number of fused-ring (bicyclic) bond motifs is 9. The van der Waals surface area contributed by atoms with Crippen LogP contribution in [0.2, 0.25) is 0 Å². The molecule has 1 heteroatoms. The highest BCUT2D eigenvalue weighted by Crippen LogP contribution is 2.51. The van der Waals surface area contributed by atoms with E-state index in [-0.39, 0.29) is 5.41 Å². The number of rotatable bonds is 3. The van der Waals surface area contributed by atoms with Gasteiger partial charge >= 0.3 is 0 Å². The number of aromatic nitrogens is 1. The molecule has 0 saturated carbocycles. The zero-order chi connectivity index (χ0) is 34.6. The van der Waals surface area contributed by atoms with E-state index in [2.05, 4.69) is 194 Å². The van der Waals surface area contributed by atoms with Crippen molar-refractivity contribution in [1.82, 2.24) is 4.57 Å². The summed E-state index contributed by atoms with van der Waals surface area (Å²) in [6.07, 6.45) is 0. The minimum Gasteiger partial charge on any atom is -0.308 e. The summed E-state index contributed by atoms with van der Waals surface area (Å²) in [5.74, 6) is 0. The van der Waals surface area contributed by atoms with Gasteiger partial charge in [-0.1, -0.05) is 159 Å². The second-order valence-electron chi connectivity index (χ2n) is 14.9. The largest absolute Gasteiger partial charge is 0.308 e. The molecule has 0 saturated heterocycles. The van der Waals surface area contributed by atoms with Gasteiger partial charge in [0.2, 0.25) is 0 Å². The topological polar surface area (TPSA) is 4.93 Å². The Balaban J connectivity index is 1.28. The van der Waals surface area contributed by atoms with E-state index in [4.69, 9.17) is 0 Å². The van der Waals surface area contributed by atoms with Gasteiger partial charge in [0.15, 0.2) is 0 Å². The lowest BCUT2D eigenvalue weighted by Gasteiger charge is -2.22. The monoisotopic (exact) mass is 661 g/mol. The van der Waals surface area contributed by atoms with Crippen LogP contribution in [0.5, 0.6) is 0 Å². The van der Waals surface area contributed by atoms with Crippen LogP contribution in [0, 0.1) is 0 Å². The van der Waals surface area contributed by atoms with Crippen LogP contribution >= 0.6 is 0 Å². The molecule has 10 aromatic rings. The van der Waals surface area contributed by atoms with Crippen LogP contribution in [0.15, 0.2) is 176 Å². The van der Waals surface area contributed by atoms with Crippen molar-refractivity contribution in [3.8, 4) is 39.1 Å². The van der Waals surface area contributed by atoms with Crippen molar-refractivity contribution in [1.29, 1.82) is 0 Å². The zero-order valence-corrected chi connectivity index (χ0v) is 29.2. The lowest BCUT2D eigenvalue weighted by molar-refractivity contribution is 0.660. The maximum absolute atomic E-state index is 2.51. The molecule has 1 aromatic heterocycles. The maximum Gasteiger partial charge on any atom is 0.0619 e. The highest BCUT2D eigenvalue weighted by molar-refractivity contribution is 6.21. The summed E-state index contributed by atoms with van der Waals surface area (Å²) in [5, 5.41) is 10.1. The third kappa shape index (κ3) is 4.05. The van der Waals surface area contributed by atoms with Gasteiger partial charge in [0.25, 0.3) is 0 Å². The summed E-state index contributed by atoms with van der Waals surface area (Å²) in [6, 6.07) is 65.6. The Hall–Kier alpha value is -6.44. The summed E-state index contributed by atoms with van der Waals surface area (Å²) in [4.78, 5) is 0. The van der Waals surface area contributed by atoms with Gasteiger partial charge in [0, 0.05) is 27.0 Å². The summed E-state index contributed by atoms with van der Waals surface area (Å²) < 4.78 is 2.51. The standard InChI is InChI=1S/C51H35N/c1-51(2)45-20-10-7-15-37(45)43-31-36(26-28-46(43)51)49-40-18-5-6-19-41(40)50(52-47-21-11-8-16-38(47)39-17-9-12-22-48(39)52)42-27-25-35(30-44(42)49)34-24-23-32-13-3-4-14-33(32)29-34/h3-31H,1-2H3. The van der Waals surface area contributed by atoms with Crippen molar-refractivity contribution < 1.29 is 0 Å². The summed E-state index contributed by atoms with van der Waals surface area (Å²) in [5.41, 5.74) is 14.1. The first-order valence-electron chi connectivity index (χ1n) is 18.3. The van der Waals surface area contributed by atoms with E-state index in [1.54, 1.807) is 0 Å². The first-order valence-corrected chi connectivity index (χ1v) is 18.3. The molecule has 0 bridgehead atoms. The lowest BCUT2D eigenvalue weighted by atomic mass is 9.81. The van der Waals surface area contributed by atoms with Gasteiger partial charge in [0.05, 0.1) is 16.7 Å². The van der Waals surface area contributed by atoms with Gasteiger partial charge in [-0.25, -0.2) is 0 Å². The molecule has 1 aliphatic carbocycles. The number of hydrogen-bond donors (Lipinski definition) is 0. The third-order valence-corrected chi connectivity index (χ3v) is 11.8. The number of nitrogens with zero attached hydrogens (tertiary/aromatic N) is 1. The Bertz CT molecular complexity index is 3050. The molecule has 0 amide bonds. The molecule has 9 aromatic carbocycles. The Kier molecular flexibility index (Phi) is 6.08. The molecule has 244 valence electrons. The van der Waals surface area contributed by atoms with Crippen LogP contribution in [0.1, 0.15) is 25.0 Å². The van der Waals surface area contributed by atoms with Crippen molar-refractivity contribution in [3.05, 3.63) is 187 Å². The van der Waals surface area contributed by atoms with E-state index < -0.39 is 0 Å². The molecule has 0 fully saturated rings. The quantitative estimate of drug-likeness (QED) is 0.166. The second kappa shape index (κ2) is 10.8. The van der Waals surface area contributed by atoms with E-state index in [9.17, 15) is 0 Å². The van der Waals surface area contributed by atoms with E-state index in [0.717, 1.165) is 0 Å². The predicted octanol–water partition coefficient (Wildman–Crippen LogP) is 13.9. The molecule has 0 N–H and O–H groups in total. The average Bonchev–Trinajstić information content (AvgIpc) is 3.64. The SMILES string of the molecule is CC1(C)c2ccccc2-c2cc(-c3c4ccccc4c(-n4c5ccccc5c5ccccc54)c4ccc(-c5ccc6ccccc6c5)cc34)ccc21. The fourth-order valence-electron chi connectivity index (χ4n) is 9.29. The van der Waals surface area contributed by atoms with Crippen LogP contribution < -0.4 is 0 Å². The van der Waals surface area contributed by atoms with Gasteiger partial charge in [-0.15, -0.1) is 0 Å². The minimum atomic E-state index is -0.0434. The summed E-state index contributed by atoms with van der Waals surface area (Å²) in [6.45, 7) is 4.72. The Labute approximate surface area is 303 Å². The van der Waals surface area contributed by atoms with Crippen LogP contribution in [0.25, 0.3) is 93.2 Å². The van der Waals surface area contributed by atoms with Crippen molar-refractivity contribution >= 4 is 54.1 Å². The molecule has 0 unspecified atom stereocenters. The highest BCUT2D eigenvalue weighted by Gasteiger charge is 2.35. The smallest absolute Gasteiger partial charge is 0.0619 e. The molecule has 0 radical (unpaired) electrons. The van der Waals surface area contributed by atoms with Gasteiger partial charge in [0.1, 0.15) is 0 Å².